The zero-order valence-electron chi connectivity index (χ0n) is 12.3. The molecule has 0 radical (unpaired) electrons. The lowest BCUT2D eigenvalue weighted by Gasteiger charge is -2.17. The van der Waals surface area contributed by atoms with Gasteiger partial charge in [-0.3, -0.25) is 0 Å². The maximum atomic E-state index is 13.2. The van der Waals surface area contributed by atoms with Crippen molar-refractivity contribution in [1.29, 1.82) is 5.26 Å². The molecule has 124 valence electrons. The number of nitrogens with one attached hydrogen (secondary N) is 3. The number of para-hydroxylation sites is 1. The van der Waals surface area contributed by atoms with Crippen molar-refractivity contribution in [2.24, 2.45) is 0 Å². The largest absolute Gasteiger partial charge is 0.457 e. The van der Waals surface area contributed by atoms with Crippen LogP contribution in [0.2, 0.25) is 0 Å². The molecule has 1 heterocycles. The average Bonchev–Trinajstić information content (AvgIpc) is 3.03. The van der Waals surface area contributed by atoms with Crippen LogP contribution in [0.15, 0.2) is 48.5 Å². The van der Waals surface area contributed by atoms with Crippen LogP contribution in [0.1, 0.15) is 17.2 Å². The molecule has 0 spiro atoms. The molecule has 1 fully saturated rings. The van der Waals surface area contributed by atoms with Gasteiger partial charge in [0.15, 0.2) is 0 Å². The fourth-order valence-corrected chi connectivity index (χ4v) is 2.40. The molecule has 0 aliphatic carbocycles. The highest BCUT2D eigenvalue weighted by molar-refractivity contribution is 5.41. The van der Waals surface area contributed by atoms with Crippen LogP contribution in [0.4, 0.5) is 13.2 Å². The van der Waals surface area contributed by atoms with Crippen LogP contribution in [0.25, 0.3) is 0 Å². The molecule has 1 aliphatic heterocycles. The van der Waals surface area contributed by atoms with Gasteiger partial charge in [-0.1, -0.05) is 18.2 Å². The highest BCUT2D eigenvalue weighted by Gasteiger charge is 2.34. The Morgan fingerprint density at radius 3 is 2.42 bits per heavy atom. The lowest BCUT2D eigenvalue weighted by atomic mass is 9.99. The van der Waals surface area contributed by atoms with Crippen LogP contribution in [-0.2, 0) is 6.18 Å². The topological polar surface area (TPSA) is 69.1 Å². The summed E-state index contributed by atoms with van der Waals surface area (Å²) in [6.07, 6.45) is -4.52. The first kappa shape index (κ1) is 16.3. The number of hydrogen-bond acceptors (Lipinski definition) is 5. The van der Waals surface area contributed by atoms with Gasteiger partial charge in [0.1, 0.15) is 17.5 Å². The zero-order valence-corrected chi connectivity index (χ0v) is 12.3. The summed E-state index contributed by atoms with van der Waals surface area (Å²) in [6.45, 7) is 0. The summed E-state index contributed by atoms with van der Waals surface area (Å²) in [4.78, 5) is 0. The number of alkyl halides is 3. The van der Waals surface area contributed by atoms with Gasteiger partial charge in [-0.15, -0.1) is 0 Å². The Hall–Kier alpha value is -2.60. The van der Waals surface area contributed by atoms with Gasteiger partial charge in [0.05, 0.1) is 17.7 Å². The fraction of sp³-hybridized carbons (Fsp3) is 0.188. The lowest BCUT2D eigenvalue weighted by molar-refractivity contribution is -0.137. The minimum atomic E-state index is -4.52. The van der Waals surface area contributed by atoms with Gasteiger partial charge >= 0.3 is 6.18 Å². The Balaban J connectivity index is 1.99. The number of benzene rings is 2. The zero-order chi connectivity index (χ0) is 17.2. The Labute approximate surface area is 136 Å². The van der Waals surface area contributed by atoms with Crippen molar-refractivity contribution in [2.45, 2.75) is 18.3 Å². The van der Waals surface area contributed by atoms with Gasteiger partial charge in [0.2, 0.25) is 0 Å². The highest BCUT2D eigenvalue weighted by Crippen LogP contribution is 2.36. The van der Waals surface area contributed by atoms with E-state index in [9.17, 15) is 13.2 Å². The van der Waals surface area contributed by atoms with E-state index in [1.165, 1.54) is 6.07 Å². The molecule has 5 nitrogen and oxygen atoms in total. The normalized spacial score (nSPS) is 20.6. The van der Waals surface area contributed by atoms with Gasteiger partial charge < -0.3 is 4.74 Å². The molecule has 0 aromatic heterocycles. The second kappa shape index (κ2) is 6.49. The summed E-state index contributed by atoms with van der Waals surface area (Å²) in [7, 11) is 0. The number of hydrogen-bond donors (Lipinski definition) is 3. The summed E-state index contributed by atoms with van der Waals surface area (Å²) in [5.41, 5.74) is 7.38. The molecule has 2 aromatic carbocycles. The molecule has 0 amide bonds. The first-order chi connectivity index (χ1) is 11.5. The van der Waals surface area contributed by atoms with E-state index in [1.807, 2.05) is 6.07 Å². The molecular weight excluding hydrogens is 321 g/mol. The number of nitrogens with zero attached hydrogens (tertiary/aromatic N) is 1. The third-order valence-corrected chi connectivity index (χ3v) is 3.52. The van der Waals surface area contributed by atoms with E-state index in [2.05, 4.69) is 16.4 Å². The fourth-order valence-electron chi connectivity index (χ4n) is 2.40. The number of rotatable bonds is 3. The lowest BCUT2D eigenvalue weighted by Crippen LogP contribution is -2.32. The molecule has 3 rings (SSSR count). The van der Waals surface area contributed by atoms with E-state index in [4.69, 9.17) is 10.00 Å². The van der Waals surface area contributed by atoms with Crippen LogP contribution in [0.5, 0.6) is 11.5 Å². The number of ether oxygens (including phenoxy) is 1. The SMILES string of the molecule is N#CC1NNNC1c1cc(Oc2ccccc2)cc(C(F)(F)F)c1. The van der Waals surface area contributed by atoms with E-state index in [-0.39, 0.29) is 5.75 Å². The maximum absolute atomic E-state index is 13.2. The predicted octanol–water partition coefficient (Wildman–Crippen LogP) is 3.04. The molecule has 1 saturated heterocycles. The van der Waals surface area contributed by atoms with Crippen LogP contribution in [0.3, 0.4) is 0 Å². The molecule has 1 aliphatic rings. The van der Waals surface area contributed by atoms with Crippen molar-refractivity contribution in [3.63, 3.8) is 0 Å². The molecule has 2 atom stereocenters. The van der Waals surface area contributed by atoms with Crippen LogP contribution < -0.4 is 21.1 Å². The van der Waals surface area contributed by atoms with Gasteiger partial charge in [-0.2, -0.15) is 24.0 Å². The molecular formula is C16H13F3N4O. The third-order valence-electron chi connectivity index (χ3n) is 3.52. The minimum Gasteiger partial charge on any atom is -0.457 e. The first-order valence-corrected chi connectivity index (χ1v) is 7.08. The van der Waals surface area contributed by atoms with E-state index in [1.54, 1.807) is 30.3 Å². The van der Waals surface area contributed by atoms with Crippen molar-refractivity contribution in [3.05, 3.63) is 59.7 Å². The number of hydrazine groups is 2. The molecule has 24 heavy (non-hydrogen) atoms. The average molecular weight is 334 g/mol. The van der Waals surface area contributed by atoms with Crippen LogP contribution >= 0.6 is 0 Å². The Bertz CT molecular complexity index is 758. The van der Waals surface area contributed by atoms with E-state index in [0.717, 1.165) is 12.1 Å². The summed E-state index contributed by atoms with van der Waals surface area (Å²) < 4.78 is 45.1. The maximum Gasteiger partial charge on any atom is 0.416 e. The number of nitriles is 1. The van der Waals surface area contributed by atoms with E-state index < -0.39 is 23.8 Å². The van der Waals surface area contributed by atoms with Crippen molar-refractivity contribution in [2.75, 3.05) is 0 Å². The van der Waals surface area contributed by atoms with Gasteiger partial charge in [0.25, 0.3) is 0 Å². The smallest absolute Gasteiger partial charge is 0.416 e. The van der Waals surface area contributed by atoms with E-state index >= 15 is 0 Å². The summed E-state index contributed by atoms with van der Waals surface area (Å²) in [6, 6.07) is 12.6. The van der Waals surface area contributed by atoms with Crippen LogP contribution in [-0.4, -0.2) is 6.04 Å². The Morgan fingerprint density at radius 1 is 1.00 bits per heavy atom. The second-order valence-corrected chi connectivity index (χ2v) is 5.20. The predicted molar refractivity (Wildman–Crippen MR) is 79.5 cm³/mol. The summed E-state index contributed by atoms with van der Waals surface area (Å²) in [5, 5.41) is 9.09. The molecule has 2 aromatic rings. The van der Waals surface area contributed by atoms with Crippen molar-refractivity contribution >= 4 is 0 Å². The standard InChI is InChI=1S/C16H13F3N4O/c17-16(18,19)11-6-10(15-14(9-20)21-23-22-15)7-13(8-11)24-12-4-2-1-3-5-12/h1-8,14-15,21-23H. The molecule has 0 bridgehead atoms. The summed E-state index contributed by atoms with van der Waals surface area (Å²) >= 11 is 0. The number of halogens is 3. The Morgan fingerprint density at radius 2 is 1.75 bits per heavy atom. The Kier molecular flexibility index (Phi) is 4.40. The monoisotopic (exact) mass is 334 g/mol. The molecule has 0 saturated carbocycles. The van der Waals surface area contributed by atoms with Crippen molar-refractivity contribution < 1.29 is 17.9 Å². The highest BCUT2D eigenvalue weighted by atomic mass is 19.4. The second-order valence-electron chi connectivity index (χ2n) is 5.20. The summed E-state index contributed by atoms with van der Waals surface area (Å²) in [5.74, 6) is 0.478. The quantitative estimate of drug-likeness (QED) is 0.805. The van der Waals surface area contributed by atoms with E-state index in [0.29, 0.717) is 11.3 Å². The molecule has 3 N–H and O–H groups in total. The van der Waals surface area contributed by atoms with Gasteiger partial charge in [-0.25, -0.2) is 10.9 Å². The first-order valence-electron chi connectivity index (χ1n) is 7.08. The van der Waals surface area contributed by atoms with Crippen molar-refractivity contribution in [3.8, 4) is 17.6 Å². The minimum absolute atomic E-state index is 0.0522. The molecule has 8 heteroatoms. The van der Waals surface area contributed by atoms with Crippen LogP contribution in [0, 0.1) is 11.3 Å². The third kappa shape index (κ3) is 3.49. The molecule has 2 unspecified atom stereocenters. The van der Waals surface area contributed by atoms with Gasteiger partial charge in [-0.05, 0) is 35.9 Å². The van der Waals surface area contributed by atoms with Crippen molar-refractivity contribution in [1.82, 2.24) is 16.4 Å². The van der Waals surface area contributed by atoms with Gasteiger partial charge in [0, 0.05) is 0 Å².